The van der Waals surface area contributed by atoms with E-state index in [-0.39, 0.29) is 17.9 Å². The van der Waals surface area contributed by atoms with Crippen molar-refractivity contribution < 1.29 is 4.79 Å². The molecule has 3 heteroatoms. The van der Waals surface area contributed by atoms with E-state index in [4.69, 9.17) is 0 Å². The Hall–Kier alpha value is -1.38. The standard InChI is InChI=1S/C14H20N2O/c1-11(2)14(17)16-9-4-3-7-13(16)12-6-5-8-15-10-12/h5-6,8,10-11,13H,3-4,7,9H2,1-2H3/t13-/m0/s1. The van der Waals surface area contributed by atoms with Crippen LogP contribution in [0.25, 0.3) is 0 Å². The van der Waals surface area contributed by atoms with Gasteiger partial charge in [-0.05, 0) is 30.9 Å². The number of nitrogens with zero attached hydrogens (tertiary/aromatic N) is 2. The quantitative estimate of drug-likeness (QED) is 0.785. The van der Waals surface area contributed by atoms with Gasteiger partial charge in [-0.15, -0.1) is 0 Å². The van der Waals surface area contributed by atoms with Gasteiger partial charge < -0.3 is 4.90 Å². The maximum atomic E-state index is 12.2. The zero-order valence-corrected chi connectivity index (χ0v) is 10.6. The van der Waals surface area contributed by atoms with Crippen LogP contribution in [0.5, 0.6) is 0 Å². The average Bonchev–Trinajstić information content (AvgIpc) is 2.39. The molecule has 1 aliphatic heterocycles. The molecule has 1 saturated heterocycles. The third-order valence-electron chi connectivity index (χ3n) is 3.35. The number of carbonyl (C=O) groups is 1. The Kier molecular flexibility index (Phi) is 3.77. The first kappa shape index (κ1) is 12.1. The average molecular weight is 232 g/mol. The number of carbonyl (C=O) groups excluding carboxylic acids is 1. The van der Waals surface area contributed by atoms with E-state index < -0.39 is 0 Å². The first-order chi connectivity index (χ1) is 8.20. The summed E-state index contributed by atoms with van der Waals surface area (Å²) >= 11 is 0. The van der Waals surface area contributed by atoms with Gasteiger partial charge in [-0.2, -0.15) is 0 Å². The van der Waals surface area contributed by atoms with Crippen LogP contribution >= 0.6 is 0 Å². The van der Waals surface area contributed by atoms with Crippen LogP contribution in [-0.2, 0) is 4.79 Å². The Balaban J connectivity index is 2.21. The lowest BCUT2D eigenvalue weighted by Gasteiger charge is -2.37. The largest absolute Gasteiger partial charge is 0.335 e. The van der Waals surface area contributed by atoms with Crippen LogP contribution in [0, 0.1) is 5.92 Å². The minimum absolute atomic E-state index is 0.0762. The number of rotatable bonds is 2. The van der Waals surface area contributed by atoms with Crippen molar-refractivity contribution in [2.75, 3.05) is 6.54 Å². The molecule has 0 radical (unpaired) electrons. The van der Waals surface area contributed by atoms with Crippen molar-refractivity contribution in [3.05, 3.63) is 30.1 Å². The summed E-state index contributed by atoms with van der Waals surface area (Å²) in [7, 11) is 0. The highest BCUT2D eigenvalue weighted by Gasteiger charge is 2.29. The number of piperidine rings is 1. The summed E-state index contributed by atoms with van der Waals surface area (Å²) in [6, 6.07) is 4.25. The fourth-order valence-corrected chi connectivity index (χ4v) is 2.45. The van der Waals surface area contributed by atoms with Gasteiger partial charge in [0.25, 0.3) is 0 Å². The second-order valence-corrected chi connectivity index (χ2v) is 4.98. The lowest BCUT2D eigenvalue weighted by atomic mass is 9.95. The Labute approximate surface area is 103 Å². The molecule has 0 saturated carbocycles. The monoisotopic (exact) mass is 232 g/mol. The summed E-state index contributed by atoms with van der Waals surface area (Å²) in [5.41, 5.74) is 1.17. The van der Waals surface area contributed by atoms with Crippen LogP contribution in [0.15, 0.2) is 24.5 Å². The number of likely N-dealkylation sites (tertiary alicyclic amines) is 1. The minimum Gasteiger partial charge on any atom is -0.335 e. The van der Waals surface area contributed by atoms with Crippen LogP contribution in [-0.4, -0.2) is 22.3 Å². The molecule has 1 atom stereocenters. The molecule has 1 amide bonds. The van der Waals surface area contributed by atoms with E-state index in [1.165, 1.54) is 12.0 Å². The summed E-state index contributed by atoms with van der Waals surface area (Å²) in [4.78, 5) is 18.4. The fraction of sp³-hybridized carbons (Fsp3) is 0.571. The molecule has 0 unspecified atom stereocenters. The molecule has 0 aromatic carbocycles. The van der Waals surface area contributed by atoms with Crippen molar-refractivity contribution in [3.63, 3.8) is 0 Å². The number of pyridine rings is 1. The molecule has 0 bridgehead atoms. The van der Waals surface area contributed by atoms with E-state index in [1.807, 2.05) is 31.0 Å². The van der Waals surface area contributed by atoms with Crippen molar-refractivity contribution in [3.8, 4) is 0 Å². The zero-order chi connectivity index (χ0) is 12.3. The molecule has 0 aliphatic carbocycles. The smallest absolute Gasteiger partial charge is 0.225 e. The van der Waals surface area contributed by atoms with Gasteiger partial charge in [0.15, 0.2) is 0 Å². The third-order valence-corrected chi connectivity index (χ3v) is 3.35. The predicted octanol–water partition coefficient (Wildman–Crippen LogP) is 2.79. The Bertz CT molecular complexity index is 375. The van der Waals surface area contributed by atoms with Gasteiger partial charge in [-0.25, -0.2) is 0 Å². The van der Waals surface area contributed by atoms with Crippen molar-refractivity contribution in [2.45, 2.75) is 39.2 Å². The summed E-state index contributed by atoms with van der Waals surface area (Å²) in [6.45, 7) is 4.82. The summed E-state index contributed by atoms with van der Waals surface area (Å²) < 4.78 is 0. The lowest BCUT2D eigenvalue weighted by Crippen LogP contribution is -2.40. The highest BCUT2D eigenvalue weighted by atomic mass is 16.2. The van der Waals surface area contributed by atoms with Gasteiger partial charge in [-0.1, -0.05) is 19.9 Å². The molecule has 1 aliphatic rings. The number of hydrogen-bond donors (Lipinski definition) is 0. The second-order valence-electron chi connectivity index (χ2n) is 4.98. The molecule has 92 valence electrons. The Morgan fingerprint density at radius 3 is 2.94 bits per heavy atom. The van der Waals surface area contributed by atoms with Crippen LogP contribution in [0.4, 0.5) is 0 Å². The van der Waals surface area contributed by atoms with E-state index in [9.17, 15) is 4.79 Å². The molecular weight excluding hydrogens is 212 g/mol. The lowest BCUT2D eigenvalue weighted by molar-refractivity contribution is -0.138. The number of aromatic nitrogens is 1. The third kappa shape index (κ3) is 2.65. The van der Waals surface area contributed by atoms with Crippen molar-refractivity contribution in [2.24, 2.45) is 5.92 Å². The highest BCUT2D eigenvalue weighted by Crippen LogP contribution is 2.31. The minimum atomic E-state index is 0.0762. The van der Waals surface area contributed by atoms with Gasteiger partial charge in [0.2, 0.25) is 5.91 Å². The van der Waals surface area contributed by atoms with Crippen molar-refractivity contribution in [1.82, 2.24) is 9.88 Å². The van der Waals surface area contributed by atoms with Crippen LogP contribution in [0.1, 0.15) is 44.7 Å². The molecule has 1 aromatic rings. The van der Waals surface area contributed by atoms with Crippen LogP contribution < -0.4 is 0 Å². The molecule has 0 N–H and O–H groups in total. The van der Waals surface area contributed by atoms with Crippen molar-refractivity contribution >= 4 is 5.91 Å². The second kappa shape index (κ2) is 5.30. The van der Waals surface area contributed by atoms with Gasteiger partial charge >= 0.3 is 0 Å². The van der Waals surface area contributed by atoms with E-state index in [2.05, 4.69) is 11.1 Å². The number of hydrogen-bond acceptors (Lipinski definition) is 2. The summed E-state index contributed by atoms with van der Waals surface area (Å²) in [5, 5.41) is 0. The summed E-state index contributed by atoms with van der Waals surface area (Å²) in [5.74, 6) is 0.339. The zero-order valence-electron chi connectivity index (χ0n) is 10.6. The van der Waals surface area contributed by atoms with Gasteiger partial charge in [0.1, 0.15) is 0 Å². The predicted molar refractivity (Wildman–Crippen MR) is 67.4 cm³/mol. The van der Waals surface area contributed by atoms with Gasteiger partial charge in [-0.3, -0.25) is 9.78 Å². The molecule has 3 nitrogen and oxygen atoms in total. The van der Waals surface area contributed by atoms with E-state index in [0.717, 1.165) is 19.4 Å². The number of amides is 1. The molecule has 0 spiro atoms. The first-order valence-corrected chi connectivity index (χ1v) is 6.40. The highest BCUT2D eigenvalue weighted by molar-refractivity contribution is 5.78. The molecule has 1 aromatic heterocycles. The molecule has 2 heterocycles. The summed E-state index contributed by atoms with van der Waals surface area (Å²) in [6.07, 6.45) is 7.04. The van der Waals surface area contributed by atoms with E-state index in [1.54, 1.807) is 6.20 Å². The maximum Gasteiger partial charge on any atom is 0.225 e. The normalized spacial score (nSPS) is 20.6. The van der Waals surface area contributed by atoms with Gasteiger partial charge in [0, 0.05) is 24.9 Å². The maximum absolute atomic E-state index is 12.2. The first-order valence-electron chi connectivity index (χ1n) is 6.40. The van der Waals surface area contributed by atoms with Crippen LogP contribution in [0.2, 0.25) is 0 Å². The van der Waals surface area contributed by atoms with E-state index >= 15 is 0 Å². The van der Waals surface area contributed by atoms with Crippen LogP contribution in [0.3, 0.4) is 0 Å². The van der Waals surface area contributed by atoms with Crippen molar-refractivity contribution in [1.29, 1.82) is 0 Å². The molecule has 1 fully saturated rings. The molecular formula is C14H20N2O. The topological polar surface area (TPSA) is 33.2 Å². The fourth-order valence-electron chi connectivity index (χ4n) is 2.45. The Morgan fingerprint density at radius 1 is 1.47 bits per heavy atom. The Morgan fingerprint density at radius 2 is 2.29 bits per heavy atom. The van der Waals surface area contributed by atoms with E-state index in [0.29, 0.717) is 0 Å². The SMILES string of the molecule is CC(C)C(=O)N1CCCC[C@H]1c1cccnc1. The molecule has 2 rings (SSSR count). The van der Waals surface area contributed by atoms with Gasteiger partial charge in [0.05, 0.1) is 6.04 Å². The molecule has 17 heavy (non-hydrogen) atoms.